The molecule has 0 bridgehead atoms. The second kappa shape index (κ2) is 14.6. The summed E-state index contributed by atoms with van der Waals surface area (Å²) in [5.74, 6) is -3.97. The summed E-state index contributed by atoms with van der Waals surface area (Å²) in [6, 6.07) is 3.19. The maximum Gasteiger partial charge on any atom is 0.321 e. The van der Waals surface area contributed by atoms with Gasteiger partial charge in [-0.3, -0.25) is 19.2 Å². The average Bonchev–Trinajstić information content (AvgIpc) is 2.77. The van der Waals surface area contributed by atoms with Crippen molar-refractivity contribution in [3.05, 3.63) is 23.8 Å². The Hall–Kier alpha value is -2.94. The highest BCUT2D eigenvalue weighted by molar-refractivity contribution is 5.77. The standard InChI is InChI=1S/C27H41NO8/c1-8-17(6)27(33)34-14-18(7)24(25(28)26(31)32)19-9-10-20(35-22(29)11-15(2)3)21(13-19)36-23(30)12-16(4)5/h9-10,13,15-18,24-25H,8,11-12,14,28H2,1-7H3,(H,31,32)/t17?,18?,24?,25-/m0/s1. The molecule has 1 rings (SSSR count). The molecule has 0 saturated heterocycles. The van der Waals surface area contributed by atoms with Gasteiger partial charge in [-0.05, 0) is 41.9 Å². The normalized spacial score (nSPS) is 14.6. The number of nitrogens with two attached hydrogens (primary N) is 1. The molecule has 0 aliphatic heterocycles. The van der Waals surface area contributed by atoms with Crippen molar-refractivity contribution in [2.24, 2.45) is 29.4 Å². The molecule has 0 saturated carbocycles. The maximum absolute atomic E-state index is 12.4. The molecule has 0 radical (unpaired) electrons. The topological polar surface area (TPSA) is 142 Å². The molecule has 0 spiro atoms. The van der Waals surface area contributed by atoms with Gasteiger partial charge in [-0.25, -0.2) is 0 Å². The van der Waals surface area contributed by atoms with Gasteiger partial charge < -0.3 is 25.1 Å². The van der Waals surface area contributed by atoms with E-state index in [2.05, 4.69) is 0 Å². The van der Waals surface area contributed by atoms with Gasteiger partial charge in [0.2, 0.25) is 0 Å². The fourth-order valence-corrected chi connectivity index (χ4v) is 3.56. The molecule has 4 atom stereocenters. The molecule has 0 heterocycles. The van der Waals surface area contributed by atoms with Crippen LogP contribution in [0.1, 0.15) is 79.2 Å². The van der Waals surface area contributed by atoms with Crippen molar-refractivity contribution in [1.29, 1.82) is 0 Å². The summed E-state index contributed by atoms with van der Waals surface area (Å²) in [6.45, 7) is 12.8. The molecule has 9 heteroatoms. The van der Waals surface area contributed by atoms with Crippen LogP contribution in [0.3, 0.4) is 0 Å². The van der Waals surface area contributed by atoms with Crippen molar-refractivity contribution in [2.45, 2.75) is 79.7 Å². The first-order valence-corrected chi connectivity index (χ1v) is 12.5. The number of carboxylic acids is 1. The molecule has 3 unspecified atom stereocenters. The van der Waals surface area contributed by atoms with E-state index in [9.17, 15) is 24.3 Å². The van der Waals surface area contributed by atoms with E-state index in [1.54, 1.807) is 19.9 Å². The summed E-state index contributed by atoms with van der Waals surface area (Å²) >= 11 is 0. The first kappa shape index (κ1) is 31.1. The van der Waals surface area contributed by atoms with Gasteiger partial charge in [0.25, 0.3) is 0 Å². The van der Waals surface area contributed by atoms with Gasteiger partial charge in [0.1, 0.15) is 6.04 Å². The molecule has 0 fully saturated rings. The molecule has 3 N–H and O–H groups in total. The number of hydrogen-bond donors (Lipinski definition) is 2. The van der Waals surface area contributed by atoms with E-state index in [4.69, 9.17) is 19.9 Å². The summed E-state index contributed by atoms with van der Waals surface area (Å²) in [5, 5.41) is 9.65. The van der Waals surface area contributed by atoms with Gasteiger partial charge in [0, 0.05) is 18.8 Å². The van der Waals surface area contributed by atoms with Crippen LogP contribution in [0.4, 0.5) is 0 Å². The Morgan fingerprint density at radius 1 is 0.889 bits per heavy atom. The summed E-state index contributed by atoms with van der Waals surface area (Å²) in [5.41, 5.74) is 6.50. The molecule has 0 aliphatic rings. The zero-order valence-corrected chi connectivity index (χ0v) is 22.4. The van der Waals surface area contributed by atoms with E-state index in [1.807, 2.05) is 34.6 Å². The van der Waals surface area contributed by atoms with E-state index >= 15 is 0 Å². The Morgan fingerprint density at radius 3 is 1.89 bits per heavy atom. The number of rotatable bonds is 14. The summed E-state index contributed by atoms with van der Waals surface area (Å²) in [7, 11) is 0. The minimum Gasteiger partial charge on any atom is -0.480 e. The molecule has 0 aliphatic carbocycles. The van der Waals surface area contributed by atoms with E-state index < -0.39 is 35.8 Å². The van der Waals surface area contributed by atoms with Gasteiger partial charge in [-0.2, -0.15) is 0 Å². The average molecular weight is 508 g/mol. The number of carbonyl (C=O) groups excluding carboxylic acids is 3. The van der Waals surface area contributed by atoms with E-state index in [-0.39, 0.29) is 54.7 Å². The molecule has 0 amide bonds. The molecule has 9 nitrogen and oxygen atoms in total. The molecule has 0 aromatic heterocycles. The lowest BCUT2D eigenvalue weighted by atomic mass is 9.82. The van der Waals surface area contributed by atoms with Crippen LogP contribution in [0.15, 0.2) is 18.2 Å². The van der Waals surface area contributed by atoms with E-state index in [0.29, 0.717) is 12.0 Å². The fourth-order valence-electron chi connectivity index (χ4n) is 3.56. The Labute approximate surface area is 213 Å². The third kappa shape index (κ3) is 9.97. The third-order valence-electron chi connectivity index (χ3n) is 5.74. The van der Waals surface area contributed by atoms with E-state index in [0.717, 1.165) is 0 Å². The number of hydrogen-bond acceptors (Lipinski definition) is 8. The molecule has 36 heavy (non-hydrogen) atoms. The minimum absolute atomic E-state index is 0.00152. The van der Waals surface area contributed by atoms with Gasteiger partial charge in [-0.1, -0.05) is 54.5 Å². The zero-order valence-electron chi connectivity index (χ0n) is 22.4. The van der Waals surface area contributed by atoms with Crippen molar-refractivity contribution < 1.29 is 38.5 Å². The number of aliphatic carboxylic acids is 1. The van der Waals surface area contributed by atoms with Crippen molar-refractivity contribution in [3.8, 4) is 11.5 Å². The van der Waals surface area contributed by atoms with Crippen LogP contribution >= 0.6 is 0 Å². The van der Waals surface area contributed by atoms with Gasteiger partial charge in [0.15, 0.2) is 11.5 Å². The predicted octanol–water partition coefficient (Wildman–Crippen LogP) is 4.31. The van der Waals surface area contributed by atoms with Crippen LogP contribution in [0.25, 0.3) is 0 Å². The van der Waals surface area contributed by atoms with Gasteiger partial charge >= 0.3 is 23.9 Å². The third-order valence-corrected chi connectivity index (χ3v) is 5.74. The minimum atomic E-state index is -1.32. The SMILES string of the molecule is CCC(C)C(=O)OCC(C)C(c1ccc(OC(=O)CC(C)C)c(OC(=O)CC(C)C)c1)[C@H](N)C(=O)O. The van der Waals surface area contributed by atoms with Crippen molar-refractivity contribution in [2.75, 3.05) is 6.61 Å². The van der Waals surface area contributed by atoms with Crippen molar-refractivity contribution >= 4 is 23.9 Å². The maximum atomic E-state index is 12.4. The molecular weight excluding hydrogens is 466 g/mol. The van der Waals surface area contributed by atoms with Crippen molar-refractivity contribution in [3.63, 3.8) is 0 Å². The fraction of sp³-hybridized carbons (Fsp3) is 0.630. The molecule has 1 aromatic carbocycles. The summed E-state index contributed by atoms with van der Waals surface area (Å²) in [4.78, 5) is 48.7. The number of benzene rings is 1. The molecule has 1 aromatic rings. The monoisotopic (exact) mass is 507 g/mol. The quantitative estimate of drug-likeness (QED) is 0.278. The highest BCUT2D eigenvalue weighted by atomic mass is 16.6. The highest BCUT2D eigenvalue weighted by Crippen LogP contribution is 2.36. The lowest BCUT2D eigenvalue weighted by molar-refractivity contribution is -0.149. The van der Waals surface area contributed by atoms with Crippen LogP contribution in [0.5, 0.6) is 11.5 Å². The Bertz CT molecular complexity index is 911. The second-order valence-corrected chi connectivity index (χ2v) is 10.2. The Morgan fingerprint density at radius 2 is 1.42 bits per heavy atom. The van der Waals surface area contributed by atoms with Crippen LogP contribution < -0.4 is 15.2 Å². The van der Waals surface area contributed by atoms with Gasteiger partial charge in [0.05, 0.1) is 12.5 Å². The summed E-state index contributed by atoms with van der Waals surface area (Å²) < 4.78 is 16.4. The number of esters is 3. The number of carboxylic acid groups (broad SMARTS) is 1. The predicted molar refractivity (Wildman–Crippen MR) is 135 cm³/mol. The lowest BCUT2D eigenvalue weighted by Gasteiger charge is -2.28. The first-order valence-electron chi connectivity index (χ1n) is 12.5. The highest BCUT2D eigenvalue weighted by Gasteiger charge is 2.33. The first-order chi connectivity index (χ1) is 16.8. The van der Waals surface area contributed by atoms with Crippen LogP contribution in [-0.2, 0) is 23.9 Å². The smallest absolute Gasteiger partial charge is 0.321 e. The Kier molecular flexibility index (Phi) is 12.6. The zero-order chi connectivity index (χ0) is 27.6. The molecule has 202 valence electrons. The van der Waals surface area contributed by atoms with Crippen LogP contribution in [-0.4, -0.2) is 41.6 Å². The number of carbonyl (C=O) groups is 4. The summed E-state index contributed by atoms with van der Waals surface area (Å²) in [6.07, 6.45) is 0.934. The lowest BCUT2D eigenvalue weighted by Crippen LogP contribution is -2.40. The molecular formula is C27H41NO8. The van der Waals surface area contributed by atoms with Crippen LogP contribution in [0, 0.1) is 23.7 Å². The Balaban J connectivity index is 3.37. The number of ether oxygens (including phenoxy) is 3. The van der Waals surface area contributed by atoms with Gasteiger partial charge in [-0.15, -0.1) is 0 Å². The van der Waals surface area contributed by atoms with Crippen molar-refractivity contribution in [1.82, 2.24) is 0 Å². The second-order valence-electron chi connectivity index (χ2n) is 10.2. The largest absolute Gasteiger partial charge is 0.480 e. The van der Waals surface area contributed by atoms with Crippen LogP contribution in [0.2, 0.25) is 0 Å². The van der Waals surface area contributed by atoms with E-state index in [1.165, 1.54) is 12.1 Å².